The third kappa shape index (κ3) is 2.82. The molecular formula is C11H11FN4O2. The first-order valence-electron chi connectivity index (χ1n) is 5.25. The van der Waals surface area contributed by atoms with Crippen molar-refractivity contribution in [2.75, 3.05) is 12.3 Å². The Balaban J connectivity index is 1.93. The Morgan fingerprint density at radius 3 is 3.06 bits per heavy atom. The van der Waals surface area contributed by atoms with Crippen molar-refractivity contribution >= 4 is 11.6 Å². The minimum atomic E-state index is -0.612. The van der Waals surface area contributed by atoms with Crippen molar-refractivity contribution in [2.45, 2.75) is 6.42 Å². The van der Waals surface area contributed by atoms with E-state index in [2.05, 4.69) is 15.5 Å². The summed E-state index contributed by atoms with van der Waals surface area (Å²) in [5.74, 6) is -0.734. The maximum absolute atomic E-state index is 13.4. The maximum atomic E-state index is 13.4. The molecule has 0 saturated carbocycles. The second-order valence-corrected chi connectivity index (χ2v) is 3.58. The monoisotopic (exact) mass is 250 g/mol. The molecule has 3 N–H and O–H groups in total. The molecule has 1 aromatic heterocycles. The Morgan fingerprint density at radius 1 is 1.50 bits per heavy atom. The number of nitrogens with one attached hydrogen (secondary N) is 1. The molecule has 6 nitrogen and oxygen atoms in total. The van der Waals surface area contributed by atoms with Crippen LogP contribution >= 0.6 is 0 Å². The molecule has 2 rings (SSSR count). The molecule has 2 aromatic rings. The summed E-state index contributed by atoms with van der Waals surface area (Å²) in [4.78, 5) is 15.5. The van der Waals surface area contributed by atoms with Gasteiger partial charge in [0.1, 0.15) is 5.82 Å². The van der Waals surface area contributed by atoms with E-state index in [1.54, 1.807) is 0 Å². The summed E-state index contributed by atoms with van der Waals surface area (Å²) in [7, 11) is 0. The van der Waals surface area contributed by atoms with E-state index in [1.165, 1.54) is 18.5 Å². The van der Waals surface area contributed by atoms with E-state index in [1.807, 2.05) is 0 Å². The van der Waals surface area contributed by atoms with Crippen molar-refractivity contribution in [3.05, 3.63) is 41.8 Å². The lowest BCUT2D eigenvalue weighted by atomic mass is 10.1. The number of hydrogen-bond donors (Lipinski definition) is 2. The summed E-state index contributed by atoms with van der Waals surface area (Å²) >= 11 is 0. The first kappa shape index (κ1) is 12.0. The van der Waals surface area contributed by atoms with Gasteiger partial charge in [0.25, 0.3) is 5.91 Å². The fraction of sp³-hybridized carbons (Fsp3) is 0.182. The summed E-state index contributed by atoms with van der Waals surface area (Å²) in [5, 5.41) is 5.97. The van der Waals surface area contributed by atoms with E-state index in [4.69, 9.17) is 10.3 Å². The zero-order valence-corrected chi connectivity index (χ0v) is 9.39. The van der Waals surface area contributed by atoms with Crippen LogP contribution < -0.4 is 11.1 Å². The fourth-order valence-electron chi connectivity index (χ4n) is 1.40. The zero-order chi connectivity index (χ0) is 13.0. The van der Waals surface area contributed by atoms with Crippen molar-refractivity contribution in [3.8, 4) is 0 Å². The van der Waals surface area contributed by atoms with Gasteiger partial charge in [0.15, 0.2) is 6.33 Å². The van der Waals surface area contributed by atoms with Crippen molar-refractivity contribution in [2.24, 2.45) is 0 Å². The van der Waals surface area contributed by atoms with Crippen LogP contribution in [0, 0.1) is 5.82 Å². The zero-order valence-electron chi connectivity index (χ0n) is 9.39. The molecule has 0 aliphatic carbocycles. The number of amides is 1. The lowest BCUT2D eigenvalue weighted by Gasteiger charge is -2.05. The third-order valence-electron chi connectivity index (χ3n) is 2.27. The van der Waals surface area contributed by atoms with Gasteiger partial charge in [-0.25, -0.2) is 4.39 Å². The third-order valence-corrected chi connectivity index (χ3v) is 2.27. The SMILES string of the molecule is Nc1ccc(F)c(C(=O)NCCc2ncno2)c1. The quantitative estimate of drug-likeness (QED) is 0.781. The molecule has 0 fully saturated rings. The summed E-state index contributed by atoms with van der Waals surface area (Å²) < 4.78 is 18.1. The van der Waals surface area contributed by atoms with Gasteiger partial charge in [0.05, 0.1) is 5.56 Å². The van der Waals surface area contributed by atoms with Gasteiger partial charge in [0, 0.05) is 18.7 Å². The van der Waals surface area contributed by atoms with Gasteiger partial charge in [0.2, 0.25) is 5.89 Å². The van der Waals surface area contributed by atoms with Gasteiger partial charge in [-0.3, -0.25) is 4.79 Å². The van der Waals surface area contributed by atoms with Gasteiger partial charge in [-0.15, -0.1) is 0 Å². The van der Waals surface area contributed by atoms with Gasteiger partial charge in [-0.1, -0.05) is 5.16 Å². The molecule has 0 saturated heterocycles. The van der Waals surface area contributed by atoms with Crippen molar-refractivity contribution in [1.82, 2.24) is 15.5 Å². The smallest absolute Gasteiger partial charge is 0.254 e. The standard InChI is InChI=1S/C11H11FN4O2/c12-9-2-1-7(13)5-8(9)11(17)14-4-3-10-15-6-16-18-10/h1-2,5-6H,3-4,13H2,(H,14,17). The van der Waals surface area contributed by atoms with Crippen LogP contribution in [-0.2, 0) is 6.42 Å². The number of rotatable bonds is 4. The van der Waals surface area contributed by atoms with Crippen LogP contribution in [-0.4, -0.2) is 22.6 Å². The highest BCUT2D eigenvalue weighted by molar-refractivity contribution is 5.95. The first-order valence-corrected chi connectivity index (χ1v) is 5.25. The van der Waals surface area contributed by atoms with E-state index >= 15 is 0 Å². The molecule has 1 heterocycles. The molecule has 0 bridgehead atoms. The molecule has 0 radical (unpaired) electrons. The average Bonchev–Trinajstić information content (AvgIpc) is 2.85. The van der Waals surface area contributed by atoms with E-state index < -0.39 is 11.7 Å². The fourth-order valence-corrected chi connectivity index (χ4v) is 1.40. The van der Waals surface area contributed by atoms with Crippen LogP contribution in [0.4, 0.5) is 10.1 Å². The summed E-state index contributed by atoms with van der Waals surface area (Å²) in [6, 6.07) is 3.84. The number of nitrogens with zero attached hydrogens (tertiary/aromatic N) is 2. The van der Waals surface area contributed by atoms with Crippen LogP contribution in [0.5, 0.6) is 0 Å². The van der Waals surface area contributed by atoms with Crippen molar-refractivity contribution in [1.29, 1.82) is 0 Å². The highest BCUT2D eigenvalue weighted by Crippen LogP contribution is 2.11. The Kier molecular flexibility index (Phi) is 3.52. The van der Waals surface area contributed by atoms with E-state index in [-0.39, 0.29) is 12.1 Å². The second-order valence-electron chi connectivity index (χ2n) is 3.58. The lowest BCUT2D eigenvalue weighted by Crippen LogP contribution is -2.26. The molecule has 18 heavy (non-hydrogen) atoms. The largest absolute Gasteiger partial charge is 0.399 e. The minimum Gasteiger partial charge on any atom is -0.399 e. The molecule has 1 aromatic carbocycles. The normalized spacial score (nSPS) is 10.3. The van der Waals surface area contributed by atoms with Crippen LogP contribution in [0.25, 0.3) is 0 Å². The van der Waals surface area contributed by atoms with Crippen molar-refractivity contribution < 1.29 is 13.7 Å². The Bertz CT molecular complexity index is 542. The van der Waals surface area contributed by atoms with Gasteiger partial charge in [-0.2, -0.15) is 4.98 Å². The van der Waals surface area contributed by atoms with E-state index in [0.29, 0.717) is 18.0 Å². The number of hydrogen-bond acceptors (Lipinski definition) is 5. The maximum Gasteiger partial charge on any atom is 0.254 e. The highest BCUT2D eigenvalue weighted by atomic mass is 19.1. The number of nitrogens with two attached hydrogens (primary N) is 1. The molecule has 0 aliphatic heterocycles. The number of aromatic nitrogens is 2. The summed E-state index contributed by atoms with van der Waals surface area (Å²) in [6.07, 6.45) is 1.66. The van der Waals surface area contributed by atoms with Crippen LogP contribution in [0.2, 0.25) is 0 Å². The predicted octanol–water partition coefficient (Wildman–Crippen LogP) is 0.763. The molecule has 94 valence electrons. The van der Waals surface area contributed by atoms with Gasteiger partial charge in [-0.05, 0) is 18.2 Å². The Hall–Kier alpha value is -2.44. The topological polar surface area (TPSA) is 94.0 Å². The number of carbonyl (C=O) groups is 1. The molecular weight excluding hydrogens is 239 g/mol. The summed E-state index contributed by atoms with van der Waals surface area (Å²) in [5.41, 5.74) is 5.74. The molecule has 1 amide bonds. The minimum absolute atomic E-state index is 0.0828. The van der Waals surface area contributed by atoms with Crippen molar-refractivity contribution in [3.63, 3.8) is 0 Å². The second kappa shape index (κ2) is 5.26. The number of halogens is 1. The first-order chi connectivity index (χ1) is 8.66. The van der Waals surface area contributed by atoms with Crippen LogP contribution in [0.15, 0.2) is 29.0 Å². The summed E-state index contributed by atoms with van der Waals surface area (Å²) in [6.45, 7) is 0.273. The molecule has 0 unspecified atom stereocenters. The predicted molar refractivity (Wildman–Crippen MR) is 61.1 cm³/mol. The van der Waals surface area contributed by atoms with Gasteiger partial charge >= 0.3 is 0 Å². The lowest BCUT2D eigenvalue weighted by molar-refractivity contribution is 0.0949. The van der Waals surface area contributed by atoms with Crippen LogP contribution in [0.1, 0.15) is 16.2 Å². The number of nitrogen functional groups attached to an aromatic ring is 1. The average molecular weight is 250 g/mol. The molecule has 0 atom stereocenters. The molecule has 0 aliphatic rings. The highest BCUT2D eigenvalue weighted by Gasteiger charge is 2.11. The number of anilines is 1. The number of carbonyl (C=O) groups excluding carboxylic acids is 1. The van der Waals surface area contributed by atoms with E-state index in [0.717, 1.165) is 6.07 Å². The molecule has 7 heteroatoms. The van der Waals surface area contributed by atoms with Crippen LogP contribution in [0.3, 0.4) is 0 Å². The Morgan fingerprint density at radius 2 is 2.33 bits per heavy atom. The Labute approximate surface area is 102 Å². The van der Waals surface area contributed by atoms with Gasteiger partial charge < -0.3 is 15.6 Å². The van der Waals surface area contributed by atoms with E-state index in [9.17, 15) is 9.18 Å². The number of benzene rings is 1. The molecule has 0 spiro atoms.